The van der Waals surface area contributed by atoms with Gasteiger partial charge in [0.2, 0.25) is 5.91 Å². The van der Waals surface area contributed by atoms with E-state index in [0.717, 1.165) is 23.1 Å². The van der Waals surface area contributed by atoms with Gasteiger partial charge in [-0.2, -0.15) is 0 Å². The molecule has 9 heteroatoms. The Morgan fingerprint density at radius 1 is 1.30 bits per heavy atom. The maximum Gasteiger partial charge on any atom is 0.343 e. The number of benzene rings is 1. The number of hydrogen-bond acceptors (Lipinski definition) is 8. The quantitative estimate of drug-likeness (QED) is 0.400. The lowest BCUT2D eigenvalue weighted by Crippen LogP contribution is -2.30. The number of nitrogens with zero attached hydrogens (tertiary/aromatic N) is 2. The lowest BCUT2D eigenvalue weighted by molar-refractivity contribution is -0.120. The summed E-state index contributed by atoms with van der Waals surface area (Å²) >= 11 is 1.15. The maximum atomic E-state index is 12.3. The number of nitrogens with two attached hydrogens (primary N) is 1. The van der Waals surface area contributed by atoms with Gasteiger partial charge in [-0.25, -0.2) is 14.8 Å². The summed E-state index contributed by atoms with van der Waals surface area (Å²) < 4.78 is 9.98. The van der Waals surface area contributed by atoms with E-state index in [1.807, 2.05) is 24.3 Å². The SMILES string of the molecule is CCOC(=O)c1cnc(S[C@@H](C)C(=O)NCc2ccc(OC)cc2)nc1N. The van der Waals surface area contributed by atoms with Gasteiger partial charge in [0.05, 0.1) is 19.0 Å². The third kappa shape index (κ3) is 5.85. The van der Waals surface area contributed by atoms with Crippen LogP contribution in [0, 0.1) is 0 Å². The van der Waals surface area contributed by atoms with Crippen LogP contribution in [0.1, 0.15) is 29.8 Å². The number of amides is 1. The van der Waals surface area contributed by atoms with E-state index in [1.165, 1.54) is 6.20 Å². The predicted molar refractivity (Wildman–Crippen MR) is 103 cm³/mol. The largest absolute Gasteiger partial charge is 0.497 e. The van der Waals surface area contributed by atoms with E-state index in [1.54, 1.807) is 21.0 Å². The number of aromatic nitrogens is 2. The average molecular weight is 390 g/mol. The van der Waals surface area contributed by atoms with E-state index in [-0.39, 0.29) is 23.9 Å². The van der Waals surface area contributed by atoms with E-state index < -0.39 is 11.2 Å². The van der Waals surface area contributed by atoms with E-state index in [9.17, 15) is 9.59 Å². The molecular formula is C18H22N4O4S. The van der Waals surface area contributed by atoms with Crippen molar-refractivity contribution in [2.45, 2.75) is 30.8 Å². The number of esters is 1. The Hall–Kier alpha value is -2.81. The van der Waals surface area contributed by atoms with Crippen molar-refractivity contribution >= 4 is 29.5 Å². The Morgan fingerprint density at radius 2 is 2.00 bits per heavy atom. The Morgan fingerprint density at radius 3 is 2.59 bits per heavy atom. The zero-order valence-electron chi connectivity index (χ0n) is 15.4. The molecule has 0 bridgehead atoms. The van der Waals surface area contributed by atoms with Crippen LogP contribution in [-0.4, -0.2) is 40.8 Å². The Labute approximate surface area is 161 Å². The molecule has 2 aromatic rings. The first kappa shape index (κ1) is 20.5. The van der Waals surface area contributed by atoms with Gasteiger partial charge in [-0.3, -0.25) is 4.79 Å². The number of rotatable bonds is 8. The van der Waals surface area contributed by atoms with E-state index in [0.29, 0.717) is 11.7 Å². The minimum atomic E-state index is -0.572. The first-order valence-corrected chi connectivity index (χ1v) is 9.19. The van der Waals surface area contributed by atoms with Gasteiger partial charge in [-0.1, -0.05) is 23.9 Å². The smallest absolute Gasteiger partial charge is 0.343 e. The van der Waals surface area contributed by atoms with Gasteiger partial charge < -0.3 is 20.5 Å². The van der Waals surface area contributed by atoms with Gasteiger partial charge in [0.15, 0.2) is 5.16 Å². The first-order valence-electron chi connectivity index (χ1n) is 8.31. The highest BCUT2D eigenvalue weighted by molar-refractivity contribution is 8.00. The first-order chi connectivity index (χ1) is 12.9. The molecule has 0 aliphatic carbocycles. The van der Waals surface area contributed by atoms with Crippen molar-refractivity contribution in [3.8, 4) is 5.75 Å². The zero-order valence-corrected chi connectivity index (χ0v) is 16.2. The molecule has 0 fully saturated rings. The van der Waals surface area contributed by atoms with Gasteiger partial charge >= 0.3 is 5.97 Å². The fraction of sp³-hybridized carbons (Fsp3) is 0.333. The fourth-order valence-electron chi connectivity index (χ4n) is 2.09. The summed E-state index contributed by atoms with van der Waals surface area (Å²) in [7, 11) is 1.60. The number of nitrogens with one attached hydrogen (secondary N) is 1. The number of anilines is 1. The molecule has 1 heterocycles. The third-order valence-corrected chi connectivity index (χ3v) is 4.54. The molecule has 3 N–H and O–H groups in total. The van der Waals surface area contributed by atoms with Crippen molar-refractivity contribution in [3.63, 3.8) is 0 Å². The minimum Gasteiger partial charge on any atom is -0.497 e. The summed E-state index contributed by atoms with van der Waals surface area (Å²) in [6.07, 6.45) is 1.31. The third-order valence-electron chi connectivity index (χ3n) is 3.57. The van der Waals surface area contributed by atoms with Gasteiger partial charge in [0.1, 0.15) is 17.1 Å². The fourth-order valence-corrected chi connectivity index (χ4v) is 2.86. The van der Waals surface area contributed by atoms with E-state index in [4.69, 9.17) is 15.2 Å². The van der Waals surface area contributed by atoms with Crippen LogP contribution >= 0.6 is 11.8 Å². The molecule has 0 aliphatic heterocycles. The second-order valence-corrected chi connectivity index (χ2v) is 6.81. The molecule has 2 rings (SSSR count). The summed E-state index contributed by atoms with van der Waals surface area (Å²) in [5.41, 5.74) is 6.85. The number of ether oxygens (including phenoxy) is 2. The monoisotopic (exact) mass is 390 g/mol. The molecular weight excluding hydrogens is 368 g/mol. The molecule has 1 aromatic carbocycles. The molecule has 0 unspecified atom stereocenters. The number of methoxy groups -OCH3 is 1. The normalized spacial score (nSPS) is 11.5. The maximum absolute atomic E-state index is 12.3. The van der Waals surface area contributed by atoms with Crippen molar-refractivity contribution in [3.05, 3.63) is 41.6 Å². The minimum absolute atomic E-state index is 0.0248. The molecule has 144 valence electrons. The molecule has 0 aliphatic rings. The Bertz CT molecular complexity index is 798. The lowest BCUT2D eigenvalue weighted by atomic mass is 10.2. The van der Waals surface area contributed by atoms with Crippen LogP contribution in [0.15, 0.2) is 35.6 Å². The highest BCUT2D eigenvalue weighted by Crippen LogP contribution is 2.22. The zero-order chi connectivity index (χ0) is 19.8. The molecule has 8 nitrogen and oxygen atoms in total. The molecule has 0 saturated carbocycles. The number of thioether (sulfide) groups is 1. The summed E-state index contributed by atoms with van der Waals surface area (Å²) in [5.74, 6) is 0.0519. The number of nitrogen functional groups attached to an aromatic ring is 1. The summed E-state index contributed by atoms with van der Waals surface area (Å²) in [6, 6.07) is 7.44. The molecule has 0 radical (unpaired) electrons. The van der Waals surface area contributed by atoms with Gasteiger partial charge in [0, 0.05) is 12.7 Å². The summed E-state index contributed by atoms with van der Waals surface area (Å²) in [5, 5.41) is 2.73. The highest BCUT2D eigenvalue weighted by Gasteiger charge is 2.18. The van der Waals surface area contributed by atoms with E-state index in [2.05, 4.69) is 15.3 Å². The number of hydrogen-bond donors (Lipinski definition) is 2. The van der Waals surface area contributed by atoms with Crippen molar-refractivity contribution in [1.82, 2.24) is 15.3 Å². The van der Waals surface area contributed by atoms with Crippen LogP contribution in [0.2, 0.25) is 0 Å². The average Bonchev–Trinajstić information content (AvgIpc) is 2.66. The Kier molecular flexibility index (Phi) is 7.42. The van der Waals surface area contributed by atoms with E-state index >= 15 is 0 Å². The number of carbonyl (C=O) groups is 2. The molecule has 27 heavy (non-hydrogen) atoms. The summed E-state index contributed by atoms with van der Waals surface area (Å²) in [6.45, 7) is 4.08. The lowest BCUT2D eigenvalue weighted by Gasteiger charge is -2.12. The molecule has 0 spiro atoms. The summed E-state index contributed by atoms with van der Waals surface area (Å²) in [4.78, 5) is 32.1. The van der Waals surface area contributed by atoms with Gasteiger partial charge in [-0.15, -0.1) is 0 Å². The number of carbonyl (C=O) groups excluding carboxylic acids is 2. The van der Waals surface area contributed by atoms with Crippen LogP contribution in [-0.2, 0) is 16.1 Å². The standard InChI is InChI=1S/C18H22N4O4S/c1-4-26-17(24)14-10-21-18(22-15(14)19)27-11(2)16(23)20-9-12-5-7-13(25-3)8-6-12/h5-8,10-11H,4,9H2,1-3H3,(H,20,23)(H2,19,21,22)/t11-/m0/s1. The van der Waals surface area contributed by atoms with Gasteiger partial charge in [0.25, 0.3) is 0 Å². The van der Waals surface area contributed by atoms with Crippen molar-refractivity contribution in [1.29, 1.82) is 0 Å². The molecule has 0 saturated heterocycles. The second kappa shape index (κ2) is 9.77. The molecule has 1 aromatic heterocycles. The van der Waals surface area contributed by atoms with Crippen LogP contribution in [0.3, 0.4) is 0 Å². The van der Waals surface area contributed by atoms with Crippen molar-refractivity contribution < 1.29 is 19.1 Å². The van der Waals surface area contributed by atoms with Crippen LogP contribution in [0.4, 0.5) is 5.82 Å². The van der Waals surface area contributed by atoms with Crippen LogP contribution in [0.5, 0.6) is 5.75 Å². The van der Waals surface area contributed by atoms with Crippen molar-refractivity contribution in [2.24, 2.45) is 0 Å². The van der Waals surface area contributed by atoms with Gasteiger partial charge in [-0.05, 0) is 31.5 Å². The van der Waals surface area contributed by atoms with Crippen LogP contribution < -0.4 is 15.8 Å². The predicted octanol–water partition coefficient (Wildman–Crippen LogP) is 2.04. The van der Waals surface area contributed by atoms with Crippen molar-refractivity contribution in [2.75, 3.05) is 19.5 Å². The second-order valence-electron chi connectivity index (χ2n) is 5.50. The highest BCUT2D eigenvalue weighted by atomic mass is 32.2. The van der Waals surface area contributed by atoms with Crippen LogP contribution in [0.25, 0.3) is 0 Å². The molecule has 1 atom stereocenters. The molecule has 1 amide bonds. The Balaban J connectivity index is 1.91. The topological polar surface area (TPSA) is 116 Å².